The third-order valence-electron chi connectivity index (χ3n) is 4.72. The molecule has 162 valence electrons. The molecule has 0 fully saturated rings. The zero-order valence-corrected chi connectivity index (χ0v) is 17.9. The molecule has 9 nitrogen and oxygen atoms in total. The zero-order chi connectivity index (χ0) is 22.5. The maximum Gasteiger partial charge on any atom is 0.269 e. The first-order valence-corrected chi connectivity index (χ1v) is 10.5. The number of fused-ring (bicyclic) bond motifs is 1. The molecule has 0 bridgehead atoms. The highest BCUT2D eigenvalue weighted by Crippen LogP contribution is 2.31. The Morgan fingerprint density at radius 1 is 1.28 bits per heavy atom. The summed E-state index contributed by atoms with van der Waals surface area (Å²) in [4.78, 5) is 29.7. The lowest BCUT2D eigenvalue weighted by Crippen LogP contribution is -2.32. The van der Waals surface area contributed by atoms with E-state index in [9.17, 15) is 14.9 Å². The summed E-state index contributed by atoms with van der Waals surface area (Å²) < 4.78 is 7.94. The molecule has 4 rings (SSSR count). The van der Waals surface area contributed by atoms with Gasteiger partial charge >= 0.3 is 0 Å². The summed E-state index contributed by atoms with van der Waals surface area (Å²) in [7, 11) is 1.60. The van der Waals surface area contributed by atoms with E-state index in [1.165, 1.54) is 29.5 Å². The molecule has 0 saturated carbocycles. The van der Waals surface area contributed by atoms with Gasteiger partial charge in [-0.2, -0.15) is 5.10 Å². The van der Waals surface area contributed by atoms with E-state index < -0.39 is 4.92 Å². The van der Waals surface area contributed by atoms with E-state index in [2.05, 4.69) is 10.1 Å². The Kier molecular flexibility index (Phi) is 6.22. The van der Waals surface area contributed by atoms with E-state index >= 15 is 0 Å². The van der Waals surface area contributed by atoms with Crippen molar-refractivity contribution >= 4 is 44.4 Å². The normalized spacial score (nSPS) is 11.2. The Morgan fingerprint density at radius 3 is 2.78 bits per heavy atom. The molecule has 10 heteroatoms. The number of benzene rings is 2. The lowest BCUT2D eigenvalue weighted by atomic mass is 10.2. The summed E-state index contributed by atoms with van der Waals surface area (Å²) in [6.45, 7) is 0.880. The molecule has 0 aliphatic carbocycles. The number of methoxy groups -OCH3 is 1. The highest BCUT2D eigenvalue weighted by Gasteiger charge is 2.18. The van der Waals surface area contributed by atoms with Crippen LogP contribution in [0.5, 0.6) is 5.75 Å². The monoisotopic (exact) mass is 449 g/mol. The highest BCUT2D eigenvalue weighted by atomic mass is 32.1. The van der Waals surface area contributed by atoms with Crippen LogP contribution in [0.3, 0.4) is 0 Å². The third-order valence-corrected chi connectivity index (χ3v) is 5.76. The fraction of sp³-hybridized carbons (Fsp3) is 0.136. The smallest absolute Gasteiger partial charge is 0.269 e. The van der Waals surface area contributed by atoms with Crippen LogP contribution in [0.2, 0.25) is 0 Å². The second-order valence-corrected chi connectivity index (χ2v) is 7.78. The number of hydrogen-bond donors (Lipinski definition) is 0. The van der Waals surface area contributed by atoms with Crippen molar-refractivity contribution < 1.29 is 14.5 Å². The molecule has 0 N–H and O–H groups in total. The van der Waals surface area contributed by atoms with Gasteiger partial charge in [0.1, 0.15) is 5.75 Å². The molecule has 0 aliphatic heterocycles. The lowest BCUT2D eigenvalue weighted by molar-refractivity contribution is -0.384. The van der Waals surface area contributed by atoms with Crippen molar-refractivity contribution in [2.75, 3.05) is 18.6 Å². The van der Waals surface area contributed by atoms with Crippen LogP contribution in [-0.2, 0) is 11.3 Å². The molecule has 2 heterocycles. The summed E-state index contributed by atoms with van der Waals surface area (Å²) in [6.07, 6.45) is 6.59. The summed E-state index contributed by atoms with van der Waals surface area (Å²) in [5.74, 6) is 0.474. The number of ether oxygens (including phenoxy) is 1. The van der Waals surface area contributed by atoms with Crippen molar-refractivity contribution in [2.24, 2.45) is 0 Å². The number of nitrogens with zero attached hydrogens (tertiary/aromatic N) is 5. The molecule has 1 amide bonds. The Balaban J connectivity index is 1.59. The van der Waals surface area contributed by atoms with E-state index in [-0.39, 0.29) is 11.6 Å². The molecule has 2 aromatic carbocycles. The van der Waals surface area contributed by atoms with Gasteiger partial charge < -0.3 is 4.74 Å². The number of nitro groups is 1. The predicted molar refractivity (Wildman–Crippen MR) is 123 cm³/mol. The number of hydrogen-bond acceptors (Lipinski definition) is 7. The number of carbonyl (C=O) groups is 1. The van der Waals surface area contributed by atoms with Crippen molar-refractivity contribution in [3.63, 3.8) is 0 Å². The summed E-state index contributed by atoms with van der Waals surface area (Å²) in [5.41, 5.74) is 1.46. The highest BCUT2D eigenvalue weighted by molar-refractivity contribution is 7.22. The average Bonchev–Trinajstić information content (AvgIpc) is 3.47. The van der Waals surface area contributed by atoms with Gasteiger partial charge in [0.15, 0.2) is 5.13 Å². The molecule has 2 aromatic heterocycles. The van der Waals surface area contributed by atoms with Gasteiger partial charge in [-0.3, -0.25) is 24.5 Å². The van der Waals surface area contributed by atoms with E-state index in [0.717, 1.165) is 16.0 Å². The van der Waals surface area contributed by atoms with Crippen LogP contribution in [0.4, 0.5) is 10.8 Å². The fourth-order valence-electron chi connectivity index (χ4n) is 3.04. The van der Waals surface area contributed by atoms with Crippen LogP contribution in [0.25, 0.3) is 16.3 Å². The number of thiazole rings is 1. The number of nitro benzene ring substituents is 1. The maximum atomic E-state index is 13.1. The van der Waals surface area contributed by atoms with Crippen molar-refractivity contribution in [1.82, 2.24) is 14.8 Å². The van der Waals surface area contributed by atoms with Gasteiger partial charge in [-0.15, -0.1) is 0 Å². The largest absolute Gasteiger partial charge is 0.497 e. The van der Waals surface area contributed by atoms with Crippen LogP contribution >= 0.6 is 11.3 Å². The van der Waals surface area contributed by atoms with Crippen LogP contribution < -0.4 is 9.64 Å². The van der Waals surface area contributed by atoms with E-state index in [1.807, 2.05) is 30.5 Å². The molecular weight excluding hydrogens is 430 g/mol. The molecule has 0 aliphatic rings. The minimum absolute atomic E-state index is 0.000713. The zero-order valence-electron chi connectivity index (χ0n) is 17.1. The molecule has 0 unspecified atom stereocenters. The SMILES string of the molecule is COc1ccc2nc(N(CCn3cccn3)C(=O)/C=C/c3ccc([N+](=O)[O-])cc3)sc2c1. The van der Waals surface area contributed by atoms with Crippen molar-refractivity contribution in [2.45, 2.75) is 6.54 Å². The Hall–Kier alpha value is -4.05. The lowest BCUT2D eigenvalue weighted by Gasteiger charge is -2.18. The first-order chi connectivity index (χ1) is 15.5. The quantitative estimate of drug-likeness (QED) is 0.227. The Labute approximate surface area is 187 Å². The van der Waals surface area contributed by atoms with Crippen LogP contribution in [-0.4, -0.2) is 39.2 Å². The van der Waals surface area contributed by atoms with Gasteiger partial charge in [0.05, 0.1) is 28.8 Å². The molecule has 32 heavy (non-hydrogen) atoms. The van der Waals surface area contributed by atoms with Crippen molar-refractivity contribution in [3.05, 3.63) is 82.7 Å². The third kappa shape index (κ3) is 4.81. The number of anilines is 1. The number of rotatable bonds is 8. The van der Waals surface area contributed by atoms with Crippen molar-refractivity contribution in [3.8, 4) is 5.75 Å². The van der Waals surface area contributed by atoms with E-state index in [0.29, 0.717) is 23.8 Å². The summed E-state index contributed by atoms with van der Waals surface area (Å²) in [5, 5.41) is 15.6. The number of aromatic nitrogens is 3. The Morgan fingerprint density at radius 2 is 2.09 bits per heavy atom. The molecule has 0 spiro atoms. The van der Waals surface area contributed by atoms with Gasteiger partial charge in [0.2, 0.25) is 0 Å². The van der Waals surface area contributed by atoms with Gasteiger partial charge in [-0.25, -0.2) is 4.98 Å². The minimum atomic E-state index is -0.461. The molecular formula is C22H19N5O4S. The Bertz CT molecular complexity index is 1270. The first-order valence-electron chi connectivity index (χ1n) is 9.69. The second kappa shape index (κ2) is 9.40. The topological polar surface area (TPSA) is 103 Å². The van der Waals surface area contributed by atoms with Crippen LogP contribution in [0, 0.1) is 10.1 Å². The van der Waals surface area contributed by atoms with Gasteiger partial charge in [0.25, 0.3) is 11.6 Å². The first kappa shape index (κ1) is 21.2. The molecule has 0 atom stereocenters. The summed E-state index contributed by atoms with van der Waals surface area (Å²) in [6, 6.07) is 13.4. The number of non-ortho nitro benzene ring substituents is 1. The fourth-order valence-corrected chi connectivity index (χ4v) is 4.06. The average molecular weight is 449 g/mol. The molecule has 0 saturated heterocycles. The van der Waals surface area contributed by atoms with Gasteiger partial charge in [-0.1, -0.05) is 11.3 Å². The maximum absolute atomic E-state index is 13.1. The van der Waals surface area contributed by atoms with Crippen molar-refractivity contribution in [1.29, 1.82) is 0 Å². The molecule has 4 aromatic rings. The second-order valence-electron chi connectivity index (χ2n) is 6.77. The van der Waals surface area contributed by atoms with Gasteiger partial charge in [-0.05, 0) is 48.0 Å². The predicted octanol–water partition coefficient (Wildman–Crippen LogP) is 4.16. The summed E-state index contributed by atoms with van der Waals surface area (Å²) >= 11 is 1.40. The van der Waals surface area contributed by atoms with E-state index in [4.69, 9.17) is 4.74 Å². The van der Waals surface area contributed by atoms with Crippen LogP contribution in [0.1, 0.15) is 5.56 Å². The number of carbonyl (C=O) groups excluding carboxylic acids is 1. The minimum Gasteiger partial charge on any atom is -0.497 e. The standard InChI is InChI=1S/C22H19N5O4S/c1-31-18-8-9-19-20(15-18)32-22(24-19)26(14-13-25-12-2-11-23-25)21(28)10-5-16-3-6-17(7-4-16)27(29)30/h2-12,15H,13-14H2,1H3/b10-5+. The molecule has 0 radical (unpaired) electrons. The van der Waals surface area contributed by atoms with Crippen LogP contribution in [0.15, 0.2) is 67.0 Å². The van der Waals surface area contributed by atoms with Gasteiger partial charge in [0, 0.05) is 37.1 Å². The van der Waals surface area contributed by atoms with E-state index in [1.54, 1.807) is 41.1 Å². The number of amides is 1.